The highest BCUT2D eigenvalue weighted by Gasteiger charge is 2.25. The average Bonchev–Trinajstić information content (AvgIpc) is 2.96. The molecular formula is C16H19N3O4. The molecule has 7 nitrogen and oxygen atoms in total. The molecule has 0 spiro atoms. The fourth-order valence-corrected chi connectivity index (χ4v) is 2.15. The topological polar surface area (TPSA) is 96.5 Å². The van der Waals surface area contributed by atoms with E-state index in [1.54, 1.807) is 6.92 Å². The number of rotatable bonds is 7. The number of hydrogen-bond donors (Lipinski definition) is 1. The molecule has 2 rings (SSSR count). The molecule has 23 heavy (non-hydrogen) atoms. The van der Waals surface area contributed by atoms with Crippen LogP contribution in [0.1, 0.15) is 30.6 Å². The van der Waals surface area contributed by atoms with Gasteiger partial charge in [-0.05, 0) is 19.4 Å². The monoisotopic (exact) mass is 317 g/mol. The number of carbonyl (C=O) groups excluding carboxylic acids is 1. The maximum absolute atomic E-state index is 12.4. The van der Waals surface area contributed by atoms with Crippen LogP contribution in [-0.2, 0) is 22.6 Å². The first-order valence-corrected chi connectivity index (χ1v) is 7.32. The number of carboxylic acid groups (broad SMARTS) is 1. The highest BCUT2D eigenvalue weighted by Crippen LogP contribution is 2.12. The third-order valence-corrected chi connectivity index (χ3v) is 3.46. The van der Waals surface area contributed by atoms with Crippen LogP contribution in [0.3, 0.4) is 0 Å². The van der Waals surface area contributed by atoms with Crippen molar-refractivity contribution in [2.24, 2.45) is 0 Å². The predicted octanol–water partition coefficient (Wildman–Crippen LogP) is 1.81. The van der Waals surface area contributed by atoms with E-state index in [4.69, 9.17) is 4.52 Å². The minimum Gasteiger partial charge on any atom is -0.480 e. The minimum atomic E-state index is -1.04. The summed E-state index contributed by atoms with van der Waals surface area (Å²) in [7, 11) is 0. The number of nitrogens with zero attached hydrogens (tertiary/aromatic N) is 3. The molecule has 0 saturated carbocycles. The molecule has 1 atom stereocenters. The number of carbonyl (C=O) groups is 2. The van der Waals surface area contributed by atoms with Crippen molar-refractivity contribution >= 4 is 11.9 Å². The summed E-state index contributed by atoms with van der Waals surface area (Å²) in [5, 5.41) is 12.9. The van der Waals surface area contributed by atoms with Crippen LogP contribution in [0.15, 0.2) is 34.9 Å². The highest BCUT2D eigenvalue weighted by atomic mass is 16.5. The molecule has 122 valence electrons. The highest BCUT2D eigenvalue weighted by molar-refractivity contribution is 5.83. The van der Waals surface area contributed by atoms with Crippen molar-refractivity contribution < 1.29 is 19.2 Å². The van der Waals surface area contributed by atoms with Crippen molar-refractivity contribution in [3.8, 4) is 0 Å². The van der Waals surface area contributed by atoms with E-state index >= 15 is 0 Å². The van der Waals surface area contributed by atoms with Crippen LogP contribution in [0, 0.1) is 6.92 Å². The second-order valence-electron chi connectivity index (χ2n) is 5.26. The first kappa shape index (κ1) is 16.7. The Morgan fingerprint density at radius 2 is 2.00 bits per heavy atom. The molecule has 0 aliphatic heterocycles. The maximum atomic E-state index is 12.4. The van der Waals surface area contributed by atoms with Crippen LogP contribution in [-0.4, -0.2) is 38.1 Å². The first-order valence-electron chi connectivity index (χ1n) is 7.32. The Balaban J connectivity index is 2.06. The van der Waals surface area contributed by atoms with Crippen LogP contribution in [0.4, 0.5) is 0 Å². The van der Waals surface area contributed by atoms with Gasteiger partial charge in [-0.1, -0.05) is 35.5 Å². The van der Waals surface area contributed by atoms with Crippen LogP contribution >= 0.6 is 0 Å². The number of aromatic nitrogens is 2. The quantitative estimate of drug-likeness (QED) is 0.836. The van der Waals surface area contributed by atoms with Gasteiger partial charge in [-0.2, -0.15) is 4.98 Å². The van der Waals surface area contributed by atoms with Gasteiger partial charge in [0.25, 0.3) is 0 Å². The molecule has 0 radical (unpaired) electrons. The van der Waals surface area contributed by atoms with Gasteiger partial charge in [0.05, 0.1) is 0 Å². The summed E-state index contributed by atoms with van der Waals surface area (Å²) >= 11 is 0. The third kappa shape index (κ3) is 4.64. The maximum Gasteiger partial charge on any atom is 0.326 e. The number of aryl methyl sites for hydroxylation is 2. The fraction of sp³-hybridized carbons (Fsp3) is 0.375. The van der Waals surface area contributed by atoms with E-state index in [1.807, 2.05) is 30.3 Å². The zero-order chi connectivity index (χ0) is 16.8. The van der Waals surface area contributed by atoms with Crippen molar-refractivity contribution in [2.75, 3.05) is 0 Å². The van der Waals surface area contributed by atoms with E-state index in [1.165, 1.54) is 11.8 Å². The second-order valence-corrected chi connectivity index (χ2v) is 5.26. The largest absolute Gasteiger partial charge is 0.480 e. The van der Waals surface area contributed by atoms with Crippen molar-refractivity contribution in [3.05, 3.63) is 47.6 Å². The molecular weight excluding hydrogens is 298 g/mol. The predicted molar refractivity (Wildman–Crippen MR) is 81.4 cm³/mol. The third-order valence-electron chi connectivity index (χ3n) is 3.46. The molecule has 0 bridgehead atoms. The SMILES string of the molecule is Cc1noc(CCC(=O)N(Cc2ccccc2)C(C)C(=O)O)n1. The van der Waals surface area contributed by atoms with Crippen molar-refractivity contribution in [2.45, 2.75) is 39.3 Å². The molecule has 1 aromatic carbocycles. The van der Waals surface area contributed by atoms with Gasteiger partial charge in [0.15, 0.2) is 5.82 Å². The molecule has 0 saturated heterocycles. The first-order chi connectivity index (χ1) is 11.0. The lowest BCUT2D eigenvalue weighted by Crippen LogP contribution is -2.42. The van der Waals surface area contributed by atoms with Gasteiger partial charge < -0.3 is 14.5 Å². The van der Waals surface area contributed by atoms with Crippen LogP contribution in [0.5, 0.6) is 0 Å². The van der Waals surface area contributed by atoms with Crippen LogP contribution in [0.2, 0.25) is 0 Å². The van der Waals surface area contributed by atoms with Gasteiger partial charge in [-0.25, -0.2) is 4.79 Å². The Kier molecular flexibility index (Phi) is 5.46. The van der Waals surface area contributed by atoms with Crippen molar-refractivity contribution in [1.29, 1.82) is 0 Å². The summed E-state index contributed by atoms with van der Waals surface area (Å²) in [5.41, 5.74) is 0.877. The zero-order valence-corrected chi connectivity index (χ0v) is 13.1. The lowest BCUT2D eigenvalue weighted by Gasteiger charge is -2.26. The number of hydrogen-bond acceptors (Lipinski definition) is 5. The van der Waals surface area contributed by atoms with E-state index in [2.05, 4.69) is 10.1 Å². The number of benzene rings is 1. The van der Waals surface area contributed by atoms with E-state index in [0.29, 0.717) is 11.7 Å². The van der Waals surface area contributed by atoms with E-state index < -0.39 is 12.0 Å². The Morgan fingerprint density at radius 1 is 1.30 bits per heavy atom. The summed E-state index contributed by atoms with van der Waals surface area (Å²) < 4.78 is 4.97. The average molecular weight is 317 g/mol. The summed E-state index contributed by atoms with van der Waals surface area (Å²) in [6.07, 6.45) is 0.406. The van der Waals surface area contributed by atoms with Crippen molar-refractivity contribution in [1.82, 2.24) is 15.0 Å². The summed E-state index contributed by atoms with van der Waals surface area (Å²) in [6.45, 7) is 3.44. The van der Waals surface area contributed by atoms with Gasteiger partial charge in [-0.3, -0.25) is 4.79 Å². The summed E-state index contributed by atoms with van der Waals surface area (Å²) in [5.74, 6) is -0.423. The van der Waals surface area contributed by atoms with Gasteiger partial charge in [0, 0.05) is 19.4 Å². The van der Waals surface area contributed by atoms with Gasteiger partial charge >= 0.3 is 5.97 Å². The van der Waals surface area contributed by atoms with E-state index in [-0.39, 0.29) is 25.3 Å². The molecule has 1 aromatic heterocycles. The Bertz CT molecular complexity index is 669. The molecule has 1 heterocycles. The standard InChI is InChI=1S/C16H19N3O4/c1-11(16(21)22)19(10-13-6-4-3-5-7-13)15(20)9-8-14-17-12(2)18-23-14/h3-7,11H,8-10H2,1-2H3,(H,21,22). The molecule has 1 amide bonds. The lowest BCUT2D eigenvalue weighted by molar-refractivity contribution is -0.150. The van der Waals surface area contributed by atoms with Crippen molar-refractivity contribution in [3.63, 3.8) is 0 Å². The van der Waals surface area contributed by atoms with Gasteiger partial charge in [0.2, 0.25) is 11.8 Å². The lowest BCUT2D eigenvalue weighted by atomic mass is 10.1. The summed E-state index contributed by atoms with van der Waals surface area (Å²) in [6, 6.07) is 8.38. The smallest absolute Gasteiger partial charge is 0.326 e. The molecule has 0 aliphatic rings. The van der Waals surface area contributed by atoms with Crippen LogP contribution < -0.4 is 0 Å². The molecule has 7 heteroatoms. The molecule has 0 aliphatic carbocycles. The Labute approximate surface area is 133 Å². The van der Waals surface area contributed by atoms with Gasteiger partial charge in [-0.15, -0.1) is 0 Å². The molecule has 2 aromatic rings. The second kappa shape index (κ2) is 7.53. The van der Waals surface area contributed by atoms with E-state index in [9.17, 15) is 14.7 Å². The molecule has 0 fully saturated rings. The molecule has 1 unspecified atom stereocenters. The van der Waals surface area contributed by atoms with Crippen LogP contribution in [0.25, 0.3) is 0 Å². The fourth-order valence-electron chi connectivity index (χ4n) is 2.15. The number of amides is 1. The Morgan fingerprint density at radius 3 is 2.57 bits per heavy atom. The summed E-state index contributed by atoms with van der Waals surface area (Å²) in [4.78, 5) is 29.1. The van der Waals surface area contributed by atoms with Gasteiger partial charge in [0.1, 0.15) is 6.04 Å². The number of carboxylic acids is 1. The zero-order valence-electron chi connectivity index (χ0n) is 13.1. The minimum absolute atomic E-state index is 0.117. The molecule has 1 N–H and O–H groups in total. The van der Waals surface area contributed by atoms with E-state index in [0.717, 1.165) is 5.56 Å². The Hall–Kier alpha value is -2.70. The normalized spacial score (nSPS) is 11.9. The number of aliphatic carboxylic acids is 1.